The molecule has 0 saturated carbocycles. The van der Waals surface area contributed by atoms with Gasteiger partial charge in [0.15, 0.2) is 0 Å². The van der Waals surface area contributed by atoms with Crippen molar-refractivity contribution in [3.8, 4) is 0 Å². The number of amides is 2. The molecule has 2 amide bonds. The molecule has 2 N–H and O–H groups in total. The molecule has 114 valence electrons. The summed E-state index contributed by atoms with van der Waals surface area (Å²) >= 11 is 0. The fourth-order valence-corrected chi connectivity index (χ4v) is 3.65. The van der Waals surface area contributed by atoms with Crippen molar-refractivity contribution in [2.24, 2.45) is 0 Å². The van der Waals surface area contributed by atoms with Crippen LogP contribution in [0, 0.1) is 6.92 Å². The van der Waals surface area contributed by atoms with Crippen LogP contribution in [0.3, 0.4) is 0 Å². The van der Waals surface area contributed by atoms with Crippen molar-refractivity contribution in [1.29, 1.82) is 0 Å². The second kappa shape index (κ2) is 4.97. The van der Waals surface area contributed by atoms with E-state index in [4.69, 9.17) is 9.52 Å². The molecule has 1 aliphatic heterocycles. The van der Waals surface area contributed by atoms with Crippen LogP contribution in [0.5, 0.6) is 0 Å². The minimum Gasteiger partial charge on any atom is -0.475 e. The Morgan fingerprint density at radius 2 is 2.10 bits per heavy atom. The number of aryl methyl sites for hydroxylation is 1. The van der Waals surface area contributed by atoms with Crippen LogP contribution in [0.15, 0.2) is 15.4 Å². The van der Waals surface area contributed by atoms with Gasteiger partial charge in [0, 0.05) is 6.07 Å². The predicted molar refractivity (Wildman–Crippen MR) is 66.9 cm³/mol. The smallest absolute Gasteiger partial charge is 0.371 e. The van der Waals surface area contributed by atoms with Crippen molar-refractivity contribution >= 4 is 27.8 Å². The van der Waals surface area contributed by atoms with Gasteiger partial charge in [-0.2, -0.15) is 4.31 Å². The first-order chi connectivity index (χ1) is 9.64. The Balaban J connectivity index is 2.48. The minimum atomic E-state index is -4.23. The average Bonchev–Trinajstić information content (AvgIpc) is 2.76. The van der Waals surface area contributed by atoms with Gasteiger partial charge < -0.3 is 9.52 Å². The van der Waals surface area contributed by atoms with E-state index in [-0.39, 0.29) is 10.7 Å². The predicted octanol–water partition coefficient (Wildman–Crippen LogP) is -0.678. The molecule has 21 heavy (non-hydrogen) atoms. The summed E-state index contributed by atoms with van der Waals surface area (Å²) < 4.78 is 30.5. The number of carbonyl (C=O) groups excluding carboxylic acids is 2. The molecular formula is C11H12N2O7S. The number of hydrogen-bond donors (Lipinski definition) is 2. The quantitative estimate of drug-likeness (QED) is 0.706. The van der Waals surface area contributed by atoms with Gasteiger partial charge in [0.05, 0.1) is 6.54 Å². The number of carboxylic acids is 1. The highest BCUT2D eigenvalue weighted by Crippen LogP contribution is 2.26. The van der Waals surface area contributed by atoms with E-state index in [1.807, 2.05) is 5.32 Å². The van der Waals surface area contributed by atoms with E-state index in [2.05, 4.69) is 0 Å². The summed E-state index contributed by atoms with van der Waals surface area (Å²) in [6.45, 7) is 2.09. The molecule has 2 heterocycles. The lowest BCUT2D eigenvalue weighted by atomic mass is 10.2. The summed E-state index contributed by atoms with van der Waals surface area (Å²) in [6.07, 6.45) is 0. The van der Waals surface area contributed by atoms with Crippen LogP contribution < -0.4 is 5.32 Å². The van der Waals surface area contributed by atoms with Crippen molar-refractivity contribution in [2.45, 2.75) is 24.8 Å². The molecule has 1 aromatic heterocycles. The average molecular weight is 316 g/mol. The number of piperazine rings is 1. The molecular weight excluding hydrogens is 304 g/mol. The maximum atomic E-state index is 12.5. The number of nitrogens with one attached hydrogen (secondary N) is 1. The molecule has 1 aliphatic rings. The zero-order chi connectivity index (χ0) is 15.9. The van der Waals surface area contributed by atoms with Gasteiger partial charge in [-0.05, 0) is 13.8 Å². The number of carbonyl (C=O) groups is 3. The van der Waals surface area contributed by atoms with Gasteiger partial charge in [-0.15, -0.1) is 0 Å². The fourth-order valence-electron chi connectivity index (χ4n) is 1.94. The lowest BCUT2D eigenvalue weighted by molar-refractivity contribution is -0.136. The normalized spacial score (nSPS) is 20.4. The van der Waals surface area contributed by atoms with E-state index in [0.29, 0.717) is 4.31 Å². The Bertz CT molecular complexity index is 734. The third-order valence-corrected chi connectivity index (χ3v) is 5.07. The van der Waals surface area contributed by atoms with Crippen LogP contribution in [-0.2, 0) is 19.6 Å². The number of furan rings is 1. The van der Waals surface area contributed by atoms with Crippen molar-refractivity contribution in [3.63, 3.8) is 0 Å². The summed E-state index contributed by atoms with van der Waals surface area (Å²) in [7, 11) is -4.23. The van der Waals surface area contributed by atoms with Crippen molar-refractivity contribution < 1.29 is 32.3 Å². The van der Waals surface area contributed by atoms with Crippen molar-refractivity contribution in [3.05, 3.63) is 17.6 Å². The van der Waals surface area contributed by atoms with Crippen molar-refractivity contribution in [1.82, 2.24) is 9.62 Å². The number of sulfonamides is 1. The zero-order valence-corrected chi connectivity index (χ0v) is 11.9. The Morgan fingerprint density at radius 3 is 2.62 bits per heavy atom. The molecule has 0 aromatic carbocycles. The molecule has 0 bridgehead atoms. The SMILES string of the molecule is Cc1oc(C(=O)O)cc1S(=O)(=O)N1CC(=O)NC(=O)C1C. The summed E-state index contributed by atoms with van der Waals surface area (Å²) in [4.78, 5) is 33.3. The summed E-state index contributed by atoms with van der Waals surface area (Å²) in [5, 5.41) is 10.8. The Labute approximate surface area is 119 Å². The van der Waals surface area contributed by atoms with Gasteiger partial charge in [0.25, 0.3) is 0 Å². The van der Waals surface area contributed by atoms with Gasteiger partial charge in [0.1, 0.15) is 16.7 Å². The van der Waals surface area contributed by atoms with Gasteiger partial charge in [-0.25, -0.2) is 13.2 Å². The molecule has 1 atom stereocenters. The fraction of sp³-hybridized carbons (Fsp3) is 0.364. The van der Waals surface area contributed by atoms with Gasteiger partial charge >= 0.3 is 5.97 Å². The number of carboxylic acid groups (broad SMARTS) is 1. The molecule has 0 aliphatic carbocycles. The lowest BCUT2D eigenvalue weighted by Crippen LogP contribution is -2.58. The number of nitrogens with zero attached hydrogens (tertiary/aromatic N) is 1. The summed E-state index contributed by atoms with van der Waals surface area (Å²) in [6, 6.07) is -0.230. The van der Waals surface area contributed by atoms with E-state index < -0.39 is 46.2 Å². The topological polar surface area (TPSA) is 134 Å². The molecule has 0 spiro atoms. The van der Waals surface area contributed by atoms with Crippen LogP contribution in [0.4, 0.5) is 0 Å². The first-order valence-electron chi connectivity index (χ1n) is 5.84. The number of imide groups is 1. The second-order valence-electron chi connectivity index (χ2n) is 4.47. The number of rotatable bonds is 3. The number of hydrogen-bond acceptors (Lipinski definition) is 6. The molecule has 0 radical (unpaired) electrons. The first kappa shape index (κ1) is 15.2. The van der Waals surface area contributed by atoms with Gasteiger partial charge in [0.2, 0.25) is 27.6 Å². The highest BCUT2D eigenvalue weighted by Gasteiger charge is 2.40. The third kappa shape index (κ3) is 2.54. The molecule has 1 aromatic rings. The third-order valence-electron chi connectivity index (χ3n) is 3.04. The second-order valence-corrected chi connectivity index (χ2v) is 6.33. The number of aromatic carboxylic acids is 1. The van der Waals surface area contributed by atoms with Crippen molar-refractivity contribution in [2.75, 3.05) is 6.54 Å². The van der Waals surface area contributed by atoms with Crippen LogP contribution in [-0.4, -0.2) is 48.2 Å². The zero-order valence-electron chi connectivity index (χ0n) is 11.1. The molecule has 1 fully saturated rings. The summed E-state index contributed by atoms with van der Waals surface area (Å²) in [5.74, 6) is -3.57. The molecule has 1 unspecified atom stereocenters. The maximum absolute atomic E-state index is 12.5. The Morgan fingerprint density at radius 1 is 1.48 bits per heavy atom. The maximum Gasteiger partial charge on any atom is 0.371 e. The van der Waals surface area contributed by atoms with E-state index in [9.17, 15) is 22.8 Å². The van der Waals surface area contributed by atoms with Gasteiger partial charge in [-0.3, -0.25) is 14.9 Å². The van der Waals surface area contributed by atoms with Crippen LogP contribution in [0.1, 0.15) is 23.2 Å². The van der Waals surface area contributed by atoms with Gasteiger partial charge in [-0.1, -0.05) is 0 Å². The highest BCUT2D eigenvalue weighted by molar-refractivity contribution is 7.89. The standard InChI is InChI=1S/C11H12N2O7S/c1-5-10(15)12-9(14)4-13(5)21(18,19)8-3-7(11(16)17)20-6(8)2/h3,5H,4H2,1-2H3,(H,16,17)(H,12,14,15). The van der Waals surface area contributed by atoms with E-state index in [1.54, 1.807) is 0 Å². The van der Waals surface area contributed by atoms with Crippen LogP contribution >= 0.6 is 0 Å². The molecule has 10 heteroatoms. The van der Waals surface area contributed by atoms with E-state index in [1.165, 1.54) is 13.8 Å². The van der Waals surface area contributed by atoms with Crippen LogP contribution in [0.2, 0.25) is 0 Å². The summed E-state index contributed by atoms with van der Waals surface area (Å²) in [5.41, 5.74) is 0. The van der Waals surface area contributed by atoms with E-state index >= 15 is 0 Å². The van der Waals surface area contributed by atoms with E-state index in [0.717, 1.165) is 6.07 Å². The Hall–Kier alpha value is -2.20. The monoisotopic (exact) mass is 316 g/mol. The lowest BCUT2D eigenvalue weighted by Gasteiger charge is -2.30. The molecule has 2 rings (SSSR count). The highest BCUT2D eigenvalue weighted by atomic mass is 32.2. The Kier molecular flexibility index (Phi) is 3.59. The largest absolute Gasteiger partial charge is 0.475 e. The van der Waals surface area contributed by atoms with Crippen LogP contribution in [0.25, 0.3) is 0 Å². The first-order valence-corrected chi connectivity index (χ1v) is 7.28. The minimum absolute atomic E-state index is 0.127. The molecule has 9 nitrogen and oxygen atoms in total. The molecule has 1 saturated heterocycles.